The summed E-state index contributed by atoms with van der Waals surface area (Å²) in [6, 6.07) is 17.8. The Morgan fingerprint density at radius 2 is 1.90 bits per heavy atom. The van der Waals surface area contributed by atoms with Gasteiger partial charge in [0.2, 0.25) is 17.8 Å². The topological polar surface area (TPSA) is 76.5 Å². The molecule has 0 aliphatic heterocycles. The largest absolute Gasteiger partial charge is 0.383 e. The van der Waals surface area contributed by atoms with Gasteiger partial charge in [-0.25, -0.2) is 4.98 Å². The summed E-state index contributed by atoms with van der Waals surface area (Å²) in [5.41, 5.74) is 3.69. The fourth-order valence-electron chi connectivity index (χ4n) is 3.25. The average molecular weight is 421 g/mol. The Kier molecular flexibility index (Phi) is 7.56. The third-order valence-electron chi connectivity index (χ3n) is 4.86. The Labute approximate surface area is 182 Å². The number of nitrogens with one attached hydrogen (secondary N) is 1. The molecule has 1 aromatic heterocycles. The molecule has 1 N–H and O–H groups in total. The number of carbonyl (C=O) groups is 2. The van der Waals surface area contributed by atoms with E-state index in [-0.39, 0.29) is 18.4 Å². The van der Waals surface area contributed by atoms with Gasteiger partial charge >= 0.3 is 0 Å². The molecule has 0 fully saturated rings. The van der Waals surface area contributed by atoms with Crippen LogP contribution in [0.25, 0.3) is 16.9 Å². The second-order valence-corrected chi connectivity index (χ2v) is 7.23. The van der Waals surface area contributed by atoms with Crippen molar-refractivity contribution in [3.05, 3.63) is 66.4 Å². The maximum Gasteiger partial charge on any atom is 0.246 e. The number of nitrogens with zero attached hydrogens (tertiary/aromatic N) is 3. The number of imidazole rings is 1. The maximum atomic E-state index is 12.8. The highest BCUT2D eigenvalue weighted by Gasteiger charge is 2.18. The number of anilines is 1. The molecule has 7 nitrogen and oxygen atoms in total. The molecule has 162 valence electrons. The van der Waals surface area contributed by atoms with Crippen LogP contribution in [0.15, 0.2) is 60.8 Å². The molecule has 0 radical (unpaired) electrons. The second kappa shape index (κ2) is 10.5. The van der Waals surface area contributed by atoms with Gasteiger partial charge in [0.25, 0.3) is 0 Å². The Balaban J connectivity index is 1.89. The number of amides is 2. The van der Waals surface area contributed by atoms with Crippen LogP contribution in [0.5, 0.6) is 0 Å². The molecule has 0 aliphatic carbocycles. The Bertz CT molecular complexity index is 1030. The van der Waals surface area contributed by atoms with Crippen LogP contribution in [0, 0.1) is 6.92 Å². The Hall–Kier alpha value is -3.45. The van der Waals surface area contributed by atoms with Crippen molar-refractivity contribution in [3.63, 3.8) is 0 Å². The summed E-state index contributed by atoms with van der Waals surface area (Å²) < 4.78 is 6.92. The van der Waals surface area contributed by atoms with E-state index in [0.717, 1.165) is 22.5 Å². The summed E-state index contributed by atoms with van der Waals surface area (Å²) in [4.78, 5) is 31.2. The monoisotopic (exact) mass is 420 g/mol. The van der Waals surface area contributed by atoms with E-state index >= 15 is 0 Å². The Morgan fingerprint density at radius 1 is 1.13 bits per heavy atom. The number of ether oxygens (including phenoxy) is 1. The number of carbonyl (C=O) groups excluding carboxylic acids is 2. The van der Waals surface area contributed by atoms with Crippen molar-refractivity contribution in [2.45, 2.75) is 20.3 Å². The van der Waals surface area contributed by atoms with E-state index in [9.17, 15) is 9.59 Å². The van der Waals surface area contributed by atoms with Crippen LogP contribution in [0.1, 0.15) is 18.9 Å². The molecule has 0 atom stereocenters. The molecule has 0 aliphatic rings. The maximum absolute atomic E-state index is 12.8. The zero-order valence-corrected chi connectivity index (χ0v) is 18.2. The lowest BCUT2D eigenvalue weighted by Gasteiger charge is -2.21. The molecule has 2 amide bonds. The number of benzene rings is 2. The van der Waals surface area contributed by atoms with Crippen LogP contribution >= 0.6 is 0 Å². The predicted molar refractivity (Wildman–Crippen MR) is 121 cm³/mol. The number of aryl methyl sites for hydroxylation is 1. The lowest BCUT2D eigenvalue weighted by molar-refractivity contribution is -0.135. The zero-order chi connectivity index (χ0) is 22.2. The van der Waals surface area contributed by atoms with Crippen LogP contribution < -0.4 is 5.32 Å². The molecular formula is C24H28N4O3. The molecule has 0 saturated heterocycles. The van der Waals surface area contributed by atoms with Gasteiger partial charge in [-0.15, -0.1) is 0 Å². The van der Waals surface area contributed by atoms with Gasteiger partial charge in [0, 0.05) is 37.5 Å². The molecule has 7 heteroatoms. The van der Waals surface area contributed by atoms with Crippen molar-refractivity contribution < 1.29 is 14.3 Å². The van der Waals surface area contributed by atoms with Gasteiger partial charge in [-0.05, 0) is 24.6 Å². The van der Waals surface area contributed by atoms with Crippen LogP contribution in [0.3, 0.4) is 0 Å². The fraction of sp³-hybridized carbons (Fsp3) is 0.292. The van der Waals surface area contributed by atoms with Gasteiger partial charge in [0.05, 0.1) is 12.3 Å². The van der Waals surface area contributed by atoms with Crippen LogP contribution in [0.2, 0.25) is 0 Å². The summed E-state index contributed by atoms with van der Waals surface area (Å²) in [5, 5.41) is 2.88. The molecule has 2 aromatic carbocycles. The van der Waals surface area contributed by atoms with Crippen LogP contribution in [-0.2, 0) is 14.3 Å². The molecule has 0 bridgehead atoms. The van der Waals surface area contributed by atoms with Gasteiger partial charge in [-0.1, -0.05) is 49.4 Å². The van der Waals surface area contributed by atoms with Gasteiger partial charge < -0.3 is 9.64 Å². The number of hydrogen-bond acceptors (Lipinski definition) is 4. The first-order chi connectivity index (χ1) is 15.0. The third kappa shape index (κ3) is 5.79. The molecule has 31 heavy (non-hydrogen) atoms. The molecular weight excluding hydrogens is 392 g/mol. The normalized spacial score (nSPS) is 10.7. The van der Waals surface area contributed by atoms with E-state index in [1.165, 1.54) is 4.90 Å². The highest BCUT2D eigenvalue weighted by Crippen LogP contribution is 2.24. The third-order valence-corrected chi connectivity index (χ3v) is 4.86. The number of methoxy groups -OCH3 is 1. The minimum absolute atomic E-state index is 0.0582. The fourth-order valence-corrected chi connectivity index (χ4v) is 3.25. The average Bonchev–Trinajstić information content (AvgIpc) is 3.20. The molecule has 3 aromatic rings. The van der Waals surface area contributed by atoms with Gasteiger partial charge in [-0.2, -0.15) is 0 Å². The summed E-state index contributed by atoms with van der Waals surface area (Å²) >= 11 is 0. The zero-order valence-electron chi connectivity index (χ0n) is 18.2. The first-order valence-electron chi connectivity index (χ1n) is 10.3. The summed E-state index contributed by atoms with van der Waals surface area (Å²) in [6.07, 6.45) is 2.23. The lowest BCUT2D eigenvalue weighted by atomic mass is 10.2. The molecule has 3 rings (SSSR count). The van der Waals surface area contributed by atoms with E-state index < -0.39 is 0 Å². The van der Waals surface area contributed by atoms with E-state index in [1.54, 1.807) is 14.0 Å². The predicted octanol–water partition coefficient (Wildman–Crippen LogP) is 3.67. The van der Waals surface area contributed by atoms with E-state index in [0.29, 0.717) is 25.5 Å². The minimum atomic E-state index is -0.308. The first-order valence-corrected chi connectivity index (χ1v) is 10.3. The van der Waals surface area contributed by atoms with Crippen molar-refractivity contribution >= 4 is 17.8 Å². The lowest BCUT2D eigenvalue weighted by Crippen LogP contribution is -2.39. The quantitative estimate of drug-likeness (QED) is 0.573. The molecule has 0 saturated carbocycles. The molecule has 0 unspecified atom stereocenters. The highest BCUT2D eigenvalue weighted by molar-refractivity contribution is 5.93. The summed E-state index contributed by atoms with van der Waals surface area (Å²) in [5.74, 6) is 0.00121. The van der Waals surface area contributed by atoms with E-state index in [4.69, 9.17) is 4.74 Å². The van der Waals surface area contributed by atoms with Crippen molar-refractivity contribution in [2.24, 2.45) is 0 Å². The van der Waals surface area contributed by atoms with Crippen molar-refractivity contribution in [2.75, 3.05) is 32.1 Å². The smallest absolute Gasteiger partial charge is 0.246 e. The van der Waals surface area contributed by atoms with E-state index in [1.807, 2.05) is 72.3 Å². The van der Waals surface area contributed by atoms with Gasteiger partial charge in [0.1, 0.15) is 6.54 Å². The van der Waals surface area contributed by atoms with Crippen LogP contribution in [-0.4, -0.2) is 53.1 Å². The van der Waals surface area contributed by atoms with Gasteiger partial charge in [0.15, 0.2) is 0 Å². The molecule has 0 spiro atoms. The number of hydrogen-bond donors (Lipinski definition) is 1. The first kappa shape index (κ1) is 22.2. The summed E-state index contributed by atoms with van der Waals surface area (Å²) in [7, 11) is 1.57. The van der Waals surface area contributed by atoms with Crippen molar-refractivity contribution in [1.29, 1.82) is 0 Å². The number of aromatic nitrogens is 2. The van der Waals surface area contributed by atoms with Crippen molar-refractivity contribution in [1.82, 2.24) is 14.5 Å². The standard InChI is InChI=1S/C24H28N4O3/c1-4-23(30)27(13-14-31-3)17-22(29)26-24-25-21(19-10-6-5-7-11-19)16-28(24)20-12-8-9-18(2)15-20/h5-12,15-16H,4,13-14,17H2,1-3H3,(H,25,26,29). The van der Waals surface area contributed by atoms with Crippen LogP contribution in [0.4, 0.5) is 5.95 Å². The minimum Gasteiger partial charge on any atom is -0.383 e. The summed E-state index contributed by atoms with van der Waals surface area (Å²) in [6.45, 7) is 4.46. The number of rotatable bonds is 9. The van der Waals surface area contributed by atoms with Gasteiger partial charge in [-0.3, -0.25) is 19.5 Å². The molecule has 1 heterocycles. The van der Waals surface area contributed by atoms with E-state index in [2.05, 4.69) is 10.3 Å². The SMILES string of the molecule is CCC(=O)N(CCOC)CC(=O)Nc1nc(-c2ccccc2)cn1-c1cccc(C)c1. The van der Waals surface area contributed by atoms with Crippen molar-refractivity contribution in [3.8, 4) is 16.9 Å². The second-order valence-electron chi connectivity index (χ2n) is 7.23. The Morgan fingerprint density at radius 3 is 2.58 bits per heavy atom. The highest BCUT2D eigenvalue weighted by atomic mass is 16.5.